The quantitative estimate of drug-likeness (QED) is 0.759. The topological polar surface area (TPSA) is 24.9 Å². The van der Waals surface area contributed by atoms with E-state index in [4.69, 9.17) is 11.6 Å². The van der Waals surface area contributed by atoms with Gasteiger partial charge in [-0.1, -0.05) is 23.7 Å². The van der Waals surface area contributed by atoms with Crippen LogP contribution in [-0.4, -0.2) is 4.98 Å². The maximum atomic E-state index is 13.3. The molecule has 0 saturated carbocycles. The van der Waals surface area contributed by atoms with Crippen molar-refractivity contribution in [2.75, 3.05) is 5.32 Å². The maximum absolute atomic E-state index is 13.3. The Morgan fingerprint density at radius 3 is 2.85 bits per heavy atom. The molecule has 0 unspecified atom stereocenters. The van der Waals surface area contributed by atoms with E-state index in [2.05, 4.69) is 10.3 Å². The van der Waals surface area contributed by atoms with Gasteiger partial charge in [-0.05, 0) is 42.0 Å². The molecule has 0 bridgehead atoms. The zero-order valence-corrected chi connectivity index (χ0v) is 11.4. The fraction of sp³-hybridized carbons (Fsp3) is 0.0625. The van der Waals surface area contributed by atoms with E-state index < -0.39 is 5.82 Å². The number of anilines is 1. The van der Waals surface area contributed by atoms with Crippen molar-refractivity contribution >= 4 is 28.2 Å². The third-order valence-corrected chi connectivity index (χ3v) is 3.39. The number of pyridine rings is 1. The second-order valence-corrected chi connectivity index (χ2v) is 4.92. The van der Waals surface area contributed by atoms with Crippen LogP contribution in [0.1, 0.15) is 5.56 Å². The van der Waals surface area contributed by atoms with E-state index >= 15 is 0 Å². The van der Waals surface area contributed by atoms with Crippen molar-refractivity contribution in [2.45, 2.75) is 6.54 Å². The number of hydrogen-bond acceptors (Lipinski definition) is 2. The Bertz CT molecular complexity index is 758. The van der Waals surface area contributed by atoms with Gasteiger partial charge in [-0.2, -0.15) is 0 Å². The summed E-state index contributed by atoms with van der Waals surface area (Å²) in [5.74, 6) is -0.395. The Morgan fingerprint density at radius 1 is 1.10 bits per heavy atom. The Hall–Kier alpha value is -2.13. The normalized spacial score (nSPS) is 10.7. The molecule has 20 heavy (non-hydrogen) atoms. The first kappa shape index (κ1) is 12.9. The van der Waals surface area contributed by atoms with Gasteiger partial charge >= 0.3 is 0 Å². The summed E-state index contributed by atoms with van der Waals surface area (Å²) in [5.41, 5.74) is 2.77. The second kappa shape index (κ2) is 5.47. The summed E-state index contributed by atoms with van der Waals surface area (Å²) in [4.78, 5) is 4.27. The average Bonchev–Trinajstić information content (AvgIpc) is 2.48. The smallest absolute Gasteiger partial charge is 0.142 e. The summed E-state index contributed by atoms with van der Waals surface area (Å²) in [5, 5.41) is 4.48. The van der Waals surface area contributed by atoms with Crippen molar-refractivity contribution in [3.05, 3.63) is 71.1 Å². The highest BCUT2D eigenvalue weighted by Gasteiger charge is 2.01. The van der Waals surface area contributed by atoms with E-state index in [-0.39, 0.29) is 5.02 Å². The van der Waals surface area contributed by atoms with E-state index in [1.54, 1.807) is 18.3 Å². The van der Waals surface area contributed by atoms with E-state index in [1.807, 2.05) is 30.3 Å². The lowest BCUT2D eigenvalue weighted by molar-refractivity contribution is 0.626. The lowest BCUT2D eigenvalue weighted by Crippen LogP contribution is -1.99. The molecule has 0 aliphatic heterocycles. The third kappa shape index (κ3) is 2.73. The standard InChI is InChI=1S/C16H12ClFN2/c17-14-5-3-11(8-15(14)18)10-20-13-4-6-16-12(9-13)2-1-7-19-16/h1-9,20H,10H2. The number of aromatic nitrogens is 1. The molecule has 100 valence electrons. The lowest BCUT2D eigenvalue weighted by atomic mass is 10.2. The third-order valence-electron chi connectivity index (χ3n) is 3.08. The van der Waals surface area contributed by atoms with Gasteiger partial charge in [0.05, 0.1) is 10.5 Å². The van der Waals surface area contributed by atoms with Gasteiger partial charge in [-0.3, -0.25) is 4.98 Å². The Kier molecular flexibility index (Phi) is 3.52. The highest BCUT2D eigenvalue weighted by Crippen LogP contribution is 2.19. The summed E-state index contributed by atoms with van der Waals surface area (Å²) in [6.07, 6.45) is 1.77. The molecule has 3 aromatic rings. The molecule has 0 radical (unpaired) electrons. The molecule has 1 heterocycles. The van der Waals surface area contributed by atoms with E-state index in [0.717, 1.165) is 22.2 Å². The molecular weight excluding hydrogens is 275 g/mol. The van der Waals surface area contributed by atoms with E-state index in [1.165, 1.54) is 6.07 Å². The number of benzene rings is 2. The predicted molar refractivity (Wildman–Crippen MR) is 80.5 cm³/mol. The van der Waals surface area contributed by atoms with Crippen LogP contribution >= 0.6 is 11.6 Å². The number of hydrogen-bond donors (Lipinski definition) is 1. The molecule has 1 aromatic heterocycles. The molecule has 2 nitrogen and oxygen atoms in total. The molecule has 0 saturated heterocycles. The van der Waals surface area contributed by atoms with Crippen molar-refractivity contribution in [1.29, 1.82) is 0 Å². The van der Waals surface area contributed by atoms with Gasteiger partial charge < -0.3 is 5.32 Å². The van der Waals surface area contributed by atoms with Crippen molar-refractivity contribution in [3.63, 3.8) is 0 Å². The first-order valence-corrected chi connectivity index (χ1v) is 6.63. The molecule has 2 aromatic carbocycles. The zero-order valence-electron chi connectivity index (χ0n) is 10.6. The van der Waals surface area contributed by atoms with Gasteiger partial charge in [-0.25, -0.2) is 4.39 Å². The zero-order chi connectivity index (χ0) is 13.9. The summed E-state index contributed by atoms with van der Waals surface area (Å²) in [6, 6.07) is 14.7. The van der Waals surface area contributed by atoms with Gasteiger partial charge in [0.25, 0.3) is 0 Å². The number of nitrogens with one attached hydrogen (secondary N) is 1. The summed E-state index contributed by atoms with van der Waals surface area (Å²) in [6.45, 7) is 0.542. The number of fused-ring (bicyclic) bond motifs is 1. The summed E-state index contributed by atoms with van der Waals surface area (Å²) < 4.78 is 13.3. The van der Waals surface area contributed by atoms with Crippen molar-refractivity contribution in [2.24, 2.45) is 0 Å². The molecule has 0 aliphatic carbocycles. The minimum atomic E-state index is -0.395. The van der Waals surface area contributed by atoms with Crippen molar-refractivity contribution < 1.29 is 4.39 Å². The first-order chi connectivity index (χ1) is 9.72. The molecule has 0 spiro atoms. The molecular formula is C16H12ClFN2. The van der Waals surface area contributed by atoms with Crippen molar-refractivity contribution in [1.82, 2.24) is 4.98 Å². The fourth-order valence-electron chi connectivity index (χ4n) is 2.04. The number of nitrogens with zero attached hydrogens (tertiary/aromatic N) is 1. The maximum Gasteiger partial charge on any atom is 0.142 e. The van der Waals surface area contributed by atoms with Crippen LogP contribution in [0, 0.1) is 5.82 Å². The lowest BCUT2D eigenvalue weighted by Gasteiger charge is -2.08. The molecule has 1 N–H and O–H groups in total. The molecule has 0 fully saturated rings. The highest BCUT2D eigenvalue weighted by molar-refractivity contribution is 6.30. The van der Waals surface area contributed by atoms with Crippen LogP contribution in [-0.2, 0) is 6.54 Å². The first-order valence-electron chi connectivity index (χ1n) is 6.25. The van der Waals surface area contributed by atoms with Crippen LogP contribution in [0.25, 0.3) is 10.9 Å². The monoisotopic (exact) mass is 286 g/mol. The highest BCUT2D eigenvalue weighted by atomic mass is 35.5. The van der Waals surface area contributed by atoms with E-state index in [9.17, 15) is 4.39 Å². The van der Waals surface area contributed by atoms with Gasteiger partial charge in [0, 0.05) is 23.8 Å². The molecule has 0 aliphatic rings. The predicted octanol–water partition coefficient (Wildman–Crippen LogP) is 4.64. The van der Waals surface area contributed by atoms with Gasteiger partial charge in [-0.15, -0.1) is 0 Å². The van der Waals surface area contributed by atoms with Crippen LogP contribution in [0.15, 0.2) is 54.7 Å². The number of halogens is 2. The molecule has 4 heteroatoms. The largest absolute Gasteiger partial charge is 0.381 e. The SMILES string of the molecule is Fc1cc(CNc2ccc3ncccc3c2)ccc1Cl. The minimum Gasteiger partial charge on any atom is -0.381 e. The minimum absolute atomic E-state index is 0.144. The average molecular weight is 287 g/mol. The van der Waals surface area contributed by atoms with Gasteiger partial charge in [0.15, 0.2) is 0 Å². The van der Waals surface area contributed by atoms with Crippen LogP contribution in [0.5, 0.6) is 0 Å². The Labute approximate surface area is 121 Å². The Balaban J connectivity index is 1.77. The molecule has 0 atom stereocenters. The summed E-state index contributed by atoms with van der Waals surface area (Å²) in [7, 11) is 0. The second-order valence-electron chi connectivity index (χ2n) is 4.51. The van der Waals surface area contributed by atoms with Crippen LogP contribution in [0.4, 0.5) is 10.1 Å². The van der Waals surface area contributed by atoms with Crippen LogP contribution in [0.2, 0.25) is 5.02 Å². The Morgan fingerprint density at radius 2 is 2.00 bits per heavy atom. The number of rotatable bonds is 3. The van der Waals surface area contributed by atoms with Crippen LogP contribution in [0.3, 0.4) is 0 Å². The van der Waals surface area contributed by atoms with Gasteiger partial charge in [0.1, 0.15) is 5.82 Å². The van der Waals surface area contributed by atoms with Crippen molar-refractivity contribution in [3.8, 4) is 0 Å². The van der Waals surface area contributed by atoms with Crippen LogP contribution < -0.4 is 5.32 Å². The molecule has 0 amide bonds. The fourth-order valence-corrected chi connectivity index (χ4v) is 2.16. The summed E-state index contributed by atoms with van der Waals surface area (Å²) >= 11 is 5.66. The van der Waals surface area contributed by atoms with E-state index in [0.29, 0.717) is 6.54 Å². The van der Waals surface area contributed by atoms with Gasteiger partial charge in [0.2, 0.25) is 0 Å². The molecule has 3 rings (SSSR count).